The van der Waals surface area contributed by atoms with E-state index in [2.05, 4.69) is 51.8 Å². The Balaban J connectivity index is 0.00000384. The van der Waals surface area contributed by atoms with Gasteiger partial charge in [-0.25, -0.2) is 0 Å². The minimum Gasteiger partial charge on any atom is -0.412 e. The largest absolute Gasteiger partial charge is 0.412 e. The molecule has 0 saturated heterocycles. The number of aromatic nitrogens is 2. The van der Waals surface area contributed by atoms with Crippen LogP contribution >= 0.6 is 0 Å². The molecule has 44 heavy (non-hydrogen) atoms. The van der Waals surface area contributed by atoms with E-state index < -0.39 is 29.8 Å². The van der Waals surface area contributed by atoms with Crippen molar-refractivity contribution < 1.29 is 25.3 Å². The molecule has 0 saturated carbocycles. The predicted molar refractivity (Wildman–Crippen MR) is 171 cm³/mol. The van der Waals surface area contributed by atoms with Crippen LogP contribution in [0.2, 0.25) is 0 Å². The average Bonchev–Trinajstić information content (AvgIpc) is 3.58. The van der Waals surface area contributed by atoms with E-state index >= 15 is 0 Å². The second-order valence-corrected chi connectivity index (χ2v) is 13.8. The number of hydrogen-bond donors (Lipinski definition) is 0. The summed E-state index contributed by atoms with van der Waals surface area (Å²) < 4.78 is 4.73. The SMILES string of the molecule is C=CC1=C(C)C2=Cc3c(C=C)c(C)c4[n]3[Ga][n]3c(c(C)c(CCC(=O)[O-])c3=CC3=NC(=C4)C(C)=C3CCC(=O)[O-])=CC1=N2.O. The number of nitrogens with zero attached hydrogens (tertiary/aromatic N) is 4. The van der Waals surface area contributed by atoms with E-state index in [1.165, 1.54) is 0 Å². The van der Waals surface area contributed by atoms with Gasteiger partial charge < -0.3 is 5.48 Å². The molecule has 223 valence electrons. The van der Waals surface area contributed by atoms with Crippen molar-refractivity contribution in [1.82, 2.24) is 6.55 Å². The first-order chi connectivity index (χ1) is 20.5. The maximum Gasteiger partial charge on any atom is -0.412 e. The fraction of sp³-hybridized carbons (Fsp3) is 0.235. The molecule has 1 radical (unpaired) electrons. The Bertz CT molecular complexity index is 2020. The van der Waals surface area contributed by atoms with Crippen LogP contribution in [0.3, 0.4) is 0 Å². The first-order valence-corrected chi connectivity index (χ1v) is 16.4. The number of carboxylic acids is 2. The van der Waals surface area contributed by atoms with Crippen LogP contribution in [-0.4, -0.2) is 53.3 Å². The van der Waals surface area contributed by atoms with E-state index in [4.69, 9.17) is 9.98 Å². The number of aliphatic carboxylic acids is 2. The predicted octanol–water partition coefficient (Wildman–Crippen LogP) is 0.866. The Hall–Kier alpha value is -4.38. The Morgan fingerprint density at radius 3 is 2.07 bits per heavy atom. The third-order valence-electron chi connectivity index (χ3n) is 8.83. The van der Waals surface area contributed by atoms with Gasteiger partial charge in [0.25, 0.3) is 0 Å². The van der Waals surface area contributed by atoms with E-state index in [0.29, 0.717) is 12.1 Å². The number of rotatable bonds is 8. The van der Waals surface area contributed by atoms with Crippen molar-refractivity contribution in [1.29, 1.82) is 0 Å². The van der Waals surface area contributed by atoms with Gasteiger partial charge >= 0.3 is 259 Å². The number of carbonyl (C=O) groups is 2. The molecule has 2 N–H and O–H groups in total. The normalized spacial score (nSPS) is 16.0. The standard InChI is InChI=1S/C34H34N4O4.Ga.H2O/c1-7-21-17(3)25-13-26-19(5)23(9-11-33(39)40)31(37-26)16-32-24(10-12-34(41)42)20(6)28(38-32)15-30-22(8-2)18(4)27(36-30)14-29(21)35-25;;/h7-8,13-16H,1-2,9-12H2,3-6H3,(H4,35,36,37,38,39,40,41,42);;1H2/q;+2;/p-4. The smallest absolute Gasteiger partial charge is 0.412 e. The van der Waals surface area contributed by atoms with Crippen molar-refractivity contribution in [3.8, 4) is 0 Å². The van der Waals surface area contributed by atoms with Crippen molar-refractivity contribution in [2.24, 2.45) is 9.98 Å². The summed E-state index contributed by atoms with van der Waals surface area (Å²) in [7, 11) is 0. The molecule has 0 amide bonds. The Morgan fingerprint density at radius 2 is 1.41 bits per heavy atom. The monoisotopic (exact) mass is 645 g/mol. The minimum atomic E-state index is -1.55. The fourth-order valence-corrected chi connectivity index (χ4v) is 10.0. The van der Waals surface area contributed by atoms with Crippen molar-refractivity contribution in [2.45, 2.75) is 53.4 Å². The zero-order valence-corrected chi connectivity index (χ0v) is 27.6. The van der Waals surface area contributed by atoms with Gasteiger partial charge in [-0.1, -0.05) is 0 Å². The molecule has 9 nitrogen and oxygen atoms in total. The van der Waals surface area contributed by atoms with E-state index in [1.807, 2.05) is 32.1 Å². The molecular weight excluding hydrogens is 614 g/mol. The van der Waals surface area contributed by atoms with Crippen LogP contribution < -0.4 is 20.9 Å². The second-order valence-electron chi connectivity index (χ2n) is 11.2. The van der Waals surface area contributed by atoms with Crippen LogP contribution in [0.5, 0.6) is 0 Å². The first-order valence-electron chi connectivity index (χ1n) is 14.2. The maximum atomic E-state index is 11.7. The van der Waals surface area contributed by atoms with Crippen LogP contribution in [0.15, 0.2) is 62.9 Å². The van der Waals surface area contributed by atoms with Gasteiger partial charge in [0.05, 0.1) is 0 Å². The molecule has 4 aliphatic heterocycles. The van der Waals surface area contributed by atoms with E-state index in [0.717, 1.165) is 83.7 Å². The third kappa shape index (κ3) is 4.88. The van der Waals surface area contributed by atoms with Gasteiger partial charge in [0, 0.05) is 0 Å². The Labute approximate surface area is 263 Å². The molecule has 6 rings (SSSR count). The average molecular weight is 646 g/mol. The second kappa shape index (κ2) is 11.6. The van der Waals surface area contributed by atoms with Crippen LogP contribution in [0.4, 0.5) is 0 Å². The Morgan fingerprint density at radius 1 is 0.795 bits per heavy atom. The summed E-state index contributed by atoms with van der Waals surface area (Å²) in [6.07, 6.45) is 12.4. The number of carbonyl (C=O) groups excluding carboxylic acids is 2. The molecule has 0 aromatic carbocycles. The summed E-state index contributed by atoms with van der Waals surface area (Å²) >= 11 is -1.55. The van der Waals surface area contributed by atoms with Crippen molar-refractivity contribution in [3.63, 3.8) is 0 Å². The first kappa shape index (κ1) is 31.1. The number of aliphatic imine (C=N–C) groups is 2. The quantitative estimate of drug-likeness (QED) is 0.392. The fourth-order valence-electron chi connectivity index (χ4n) is 6.46. The number of fused-ring (bicyclic) bond motifs is 2. The van der Waals surface area contributed by atoms with Crippen molar-refractivity contribution in [3.05, 3.63) is 97.3 Å². The van der Waals surface area contributed by atoms with Crippen LogP contribution in [0.1, 0.15) is 66.8 Å². The number of allylic oxidation sites excluding steroid dienone is 5. The minimum absolute atomic E-state index is 0. The van der Waals surface area contributed by atoms with Gasteiger partial charge in [-0.3, -0.25) is 0 Å². The third-order valence-corrected chi connectivity index (χ3v) is 12.1. The molecule has 6 bridgehead atoms. The van der Waals surface area contributed by atoms with Crippen LogP contribution in [-0.2, 0) is 16.0 Å². The summed E-state index contributed by atoms with van der Waals surface area (Å²) in [5, 5.41) is 25.0. The van der Waals surface area contributed by atoms with Gasteiger partial charge in [0.15, 0.2) is 0 Å². The van der Waals surface area contributed by atoms with E-state index in [-0.39, 0.29) is 24.7 Å². The summed E-state index contributed by atoms with van der Waals surface area (Å²) in [4.78, 5) is 33.2. The number of hydrogen-bond acceptors (Lipinski definition) is 6. The zero-order chi connectivity index (χ0) is 30.7. The van der Waals surface area contributed by atoms with Crippen LogP contribution in [0.25, 0.3) is 30.4 Å². The van der Waals surface area contributed by atoms with Crippen LogP contribution in [0, 0.1) is 13.8 Å². The van der Waals surface area contributed by atoms with Gasteiger partial charge in [-0.15, -0.1) is 0 Å². The van der Waals surface area contributed by atoms with Gasteiger partial charge in [0.2, 0.25) is 0 Å². The maximum absolute atomic E-state index is 11.7. The molecule has 4 aliphatic rings. The molecule has 0 spiro atoms. The molecule has 10 heteroatoms. The summed E-state index contributed by atoms with van der Waals surface area (Å²) in [6, 6.07) is 0. The van der Waals surface area contributed by atoms with Crippen molar-refractivity contribution in [2.75, 3.05) is 0 Å². The number of carboxylic acid groups (broad SMARTS) is 2. The van der Waals surface area contributed by atoms with Crippen molar-refractivity contribution >= 4 is 71.6 Å². The topological polar surface area (TPSA) is 146 Å². The van der Waals surface area contributed by atoms with E-state index in [9.17, 15) is 19.8 Å². The van der Waals surface area contributed by atoms with E-state index in [1.54, 1.807) is 0 Å². The molecular formula is C34H32GaN4O5-2. The summed E-state index contributed by atoms with van der Waals surface area (Å²) in [5.74, 6) is -2.23. The summed E-state index contributed by atoms with van der Waals surface area (Å²) in [5.41, 5.74) is 13.0. The molecule has 6 heterocycles. The molecule has 2 aromatic rings. The molecule has 0 aliphatic carbocycles. The zero-order valence-electron chi connectivity index (χ0n) is 25.2. The van der Waals surface area contributed by atoms with Gasteiger partial charge in [0.1, 0.15) is 0 Å². The molecule has 0 atom stereocenters. The Kier molecular flexibility index (Phi) is 8.19. The van der Waals surface area contributed by atoms with Gasteiger partial charge in [-0.05, 0) is 0 Å². The molecule has 0 fully saturated rings. The molecule has 0 unspecified atom stereocenters. The molecule has 2 aromatic heterocycles. The summed E-state index contributed by atoms with van der Waals surface area (Å²) in [6.45, 7) is 16.4. The van der Waals surface area contributed by atoms with Gasteiger partial charge in [-0.2, -0.15) is 0 Å².